The van der Waals surface area contributed by atoms with Crippen LogP contribution in [0.15, 0.2) is 29.9 Å². The van der Waals surface area contributed by atoms with Gasteiger partial charge in [-0.05, 0) is 24.3 Å². The van der Waals surface area contributed by atoms with Gasteiger partial charge in [0.25, 0.3) is 5.91 Å². The van der Waals surface area contributed by atoms with Crippen molar-refractivity contribution >= 4 is 29.1 Å². The monoisotopic (exact) mass is 403 g/mol. The number of aryl methyl sites for hydroxylation is 1. The largest absolute Gasteiger partial charge is 0.349 e. The molecule has 2 N–H and O–H groups in total. The fraction of sp³-hybridized carbons (Fsp3) is 0.474. The molecule has 1 aliphatic rings. The van der Waals surface area contributed by atoms with Crippen LogP contribution < -0.4 is 10.6 Å². The van der Waals surface area contributed by atoms with Crippen molar-refractivity contribution in [1.82, 2.24) is 25.3 Å². The van der Waals surface area contributed by atoms with E-state index in [-0.39, 0.29) is 36.2 Å². The average Bonchev–Trinajstić information content (AvgIpc) is 3.33. The van der Waals surface area contributed by atoms with Gasteiger partial charge in [-0.1, -0.05) is 6.07 Å². The molecule has 3 heterocycles. The number of carbonyl (C=O) groups excluding carboxylic acids is 3. The minimum absolute atomic E-state index is 0.0178. The highest BCUT2D eigenvalue weighted by atomic mass is 32.1. The van der Waals surface area contributed by atoms with Crippen LogP contribution in [0.2, 0.25) is 0 Å². The van der Waals surface area contributed by atoms with Crippen molar-refractivity contribution in [2.45, 2.75) is 38.3 Å². The van der Waals surface area contributed by atoms with Gasteiger partial charge in [-0.2, -0.15) is 5.10 Å². The molecule has 0 aliphatic carbocycles. The van der Waals surface area contributed by atoms with Crippen LogP contribution in [0.25, 0.3) is 0 Å². The van der Waals surface area contributed by atoms with Crippen molar-refractivity contribution in [3.05, 3.63) is 40.3 Å². The maximum absolute atomic E-state index is 12.7. The number of hydrogen-bond donors (Lipinski definition) is 2. The summed E-state index contributed by atoms with van der Waals surface area (Å²) in [4.78, 5) is 39.2. The Hall–Kier alpha value is -2.68. The van der Waals surface area contributed by atoms with Gasteiger partial charge in [-0.3, -0.25) is 19.1 Å². The Morgan fingerprint density at radius 1 is 1.32 bits per heavy atom. The second-order valence-corrected chi connectivity index (χ2v) is 7.98. The van der Waals surface area contributed by atoms with Gasteiger partial charge in [0.1, 0.15) is 0 Å². The molecule has 1 aliphatic heterocycles. The summed E-state index contributed by atoms with van der Waals surface area (Å²) in [6.45, 7) is 2.64. The zero-order chi connectivity index (χ0) is 20.1. The van der Waals surface area contributed by atoms with E-state index in [4.69, 9.17) is 0 Å². The van der Waals surface area contributed by atoms with Crippen LogP contribution in [0.3, 0.4) is 0 Å². The first kappa shape index (κ1) is 20.1. The number of nitrogens with one attached hydrogen (secondary N) is 2. The van der Waals surface area contributed by atoms with Crippen LogP contribution in [0.4, 0.5) is 0 Å². The van der Waals surface area contributed by atoms with Crippen LogP contribution in [0, 0.1) is 0 Å². The maximum atomic E-state index is 12.7. The van der Waals surface area contributed by atoms with Gasteiger partial charge >= 0.3 is 0 Å². The number of piperidine rings is 1. The summed E-state index contributed by atoms with van der Waals surface area (Å²) < 4.78 is 1.59. The Bertz CT molecular complexity index is 825. The molecule has 0 saturated carbocycles. The zero-order valence-corrected chi connectivity index (χ0v) is 16.9. The first-order chi connectivity index (χ1) is 13.4. The first-order valence-corrected chi connectivity index (χ1v) is 10.2. The van der Waals surface area contributed by atoms with E-state index in [1.54, 1.807) is 24.1 Å². The molecule has 2 aromatic rings. The topological polar surface area (TPSA) is 96.3 Å². The Balaban J connectivity index is 1.50. The van der Waals surface area contributed by atoms with Crippen LogP contribution in [-0.2, 0) is 16.6 Å². The number of amides is 3. The summed E-state index contributed by atoms with van der Waals surface area (Å²) in [6.07, 6.45) is 4.89. The number of likely N-dealkylation sites (tertiary alicyclic amines) is 1. The van der Waals surface area contributed by atoms with Crippen molar-refractivity contribution in [3.8, 4) is 0 Å². The van der Waals surface area contributed by atoms with Crippen LogP contribution in [-0.4, -0.2) is 51.5 Å². The predicted octanol–water partition coefficient (Wildman–Crippen LogP) is 1.47. The van der Waals surface area contributed by atoms with Gasteiger partial charge in [-0.25, -0.2) is 0 Å². The molecule has 1 fully saturated rings. The standard InChI is InChI=1S/C19H25N5O3S/c1-13(25)21-16(17-4-3-9-28-17)10-18(26)24-7-5-15(6-8-24)22-19(27)14-11-20-23(2)12-14/h3-4,9,11-12,15-16H,5-8,10H2,1-2H3,(H,21,25)(H,22,27)/t16-/m0/s1. The molecule has 0 bridgehead atoms. The lowest BCUT2D eigenvalue weighted by Crippen LogP contribution is -2.47. The lowest BCUT2D eigenvalue weighted by atomic mass is 10.0. The summed E-state index contributed by atoms with van der Waals surface area (Å²) in [5.41, 5.74) is 0.537. The van der Waals surface area contributed by atoms with E-state index in [1.807, 2.05) is 22.4 Å². The average molecular weight is 404 g/mol. The van der Waals surface area contributed by atoms with Gasteiger partial charge in [0.2, 0.25) is 11.8 Å². The molecule has 150 valence electrons. The highest BCUT2D eigenvalue weighted by Crippen LogP contribution is 2.24. The summed E-state index contributed by atoms with van der Waals surface area (Å²) in [5.74, 6) is -0.270. The Morgan fingerprint density at radius 3 is 2.64 bits per heavy atom. The highest BCUT2D eigenvalue weighted by molar-refractivity contribution is 7.10. The maximum Gasteiger partial charge on any atom is 0.254 e. The molecule has 3 rings (SSSR count). The van der Waals surface area contributed by atoms with Crippen molar-refractivity contribution < 1.29 is 14.4 Å². The lowest BCUT2D eigenvalue weighted by Gasteiger charge is -2.33. The number of rotatable bonds is 6. The van der Waals surface area contributed by atoms with Gasteiger partial charge in [0.15, 0.2) is 0 Å². The summed E-state index contributed by atoms with van der Waals surface area (Å²) in [6, 6.07) is 3.59. The molecule has 0 aromatic carbocycles. The van der Waals surface area contributed by atoms with E-state index in [1.165, 1.54) is 18.3 Å². The third-order valence-corrected chi connectivity index (χ3v) is 5.78. The Labute approximate surface area is 167 Å². The molecule has 0 spiro atoms. The Kier molecular flexibility index (Phi) is 6.45. The second kappa shape index (κ2) is 9.01. The van der Waals surface area contributed by atoms with Crippen molar-refractivity contribution in [2.24, 2.45) is 7.05 Å². The molecule has 0 radical (unpaired) electrons. The smallest absolute Gasteiger partial charge is 0.254 e. The SMILES string of the molecule is CC(=O)N[C@@H](CC(=O)N1CCC(NC(=O)c2cnn(C)c2)CC1)c1cccs1. The third kappa shape index (κ3) is 5.19. The van der Waals surface area contributed by atoms with Crippen LogP contribution in [0.1, 0.15) is 47.5 Å². The third-order valence-electron chi connectivity index (χ3n) is 4.79. The van der Waals surface area contributed by atoms with Gasteiger partial charge in [-0.15, -0.1) is 11.3 Å². The minimum Gasteiger partial charge on any atom is -0.349 e. The zero-order valence-electron chi connectivity index (χ0n) is 16.1. The lowest BCUT2D eigenvalue weighted by molar-refractivity contribution is -0.133. The molecule has 9 heteroatoms. The first-order valence-electron chi connectivity index (χ1n) is 9.30. The number of aromatic nitrogens is 2. The van der Waals surface area contributed by atoms with Crippen molar-refractivity contribution in [2.75, 3.05) is 13.1 Å². The summed E-state index contributed by atoms with van der Waals surface area (Å²) in [5, 5.41) is 11.8. The molecule has 1 atom stereocenters. The summed E-state index contributed by atoms with van der Waals surface area (Å²) in [7, 11) is 1.77. The number of hydrogen-bond acceptors (Lipinski definition) is 5. The van der Waals surface area contributed by atoms with E-state index in [0.717, 1.165) is 4.88 Å². The van der Waals surface area contributed by atoms with E-state index in [2.05, 4.69) is 15.7 Å². The fourth-order valence-corrected chi connectivity index (χ4v) is 4.12. The van der Waals surface area contributed by atoms with E-state index in [9.17, 15) is 14.4 Å². The molecule has 1 saturated heterocycles. The van der Waals surface area contributed by atoms with E-state index in [0.29, 0.717) is 31.5 Å². The summed E-state index contributed by atoms with van der Waals surface area (Å²) >= 11 is 1.53. The number of carbonyl (C=O) groups is 3. The molecule has 0 unspecified atom stereocenters. The highest BCUT2D eigenvalue weighted by Gasteiger charge is 2.27. The van der Waals surface area contributed by atoms with Gasteiger partial charge in [0, 0.05) is 44.2 Å². The molecule has 2 aromatic heterocycles. The number of thiophene rings is 1. The molecular formula is C19H25N5O3S. The van der Waals surface area contributed by atoms with Gasteiger partial charge in [0.05, 0.1) is 24.2 Å². The fourth-order valence-electron chi connectivity index (χ4n) is 3.34. The second-order valence-electron chi connectivity index (χ2n) is 7.00. The molecule has 28 heavy (non-hydrogen) atoms. The number of nitrogens with zero attached hydrogens (tertiary/aromatic N) is 3. The predicted molar refractivity (Wildman–Crippen MR) is 106 cm³/mol. The van der Waals surface area contributed by atoms with Crippen molar-refractivity contribution in [1.29, 1.82) is 0 Å². The van der Waals surface area contributed by atoms with Crippen molar-refractivity contribution in [3.63, 3.8) is 0 Å². The molecular weight excluding hydrogens is 378 g/mol. The normalized spacial score (nSPS) is 15.9. The minimum atomic E-state index is -0.298. The Morgan fingerprint density at radius 2 is 2.07 bits per heavy atom. The van der Waals surface area contributed by atoms with Crippen LogP contribution >= 0.6 is 11.3 Å². The quantitative estimate of drug-likeness (QED) is 0.763. The molecule has 3 amide bonds. The van der Waals surface area contributed by atoms with Crippen LogP contribution in [0.5, 0.6) is 0 Å². The molecule has 8 nitrogen and oxygen atoms in total. The van der Waals surface area contributed by atoms with Gasteiger partial charge < -0.3 is 15.5 Å². The van der Waals surface area contributed by atoms with E-state index < -0.39 is 0 Å². The van der Waals surface area contributed by atoms with E-state index >= 15 is 0 Å².